The van der Waals surface area contributed by atoms with Crippen molar-refractivity contribution in [1.29, 1.82) is 0 Å². The molecule has 0 radical (unpaired) electrons. The minimum absolute atomic E-state index is 0.145. The molecule has 0 aromatic heterocycles. The van der Waals surface area contributed by atoms with E-state index < -0.39 is 6.04 Å². The van der Waals surface area contributed by atoms with E-state index in [1.165, 1.54) is 0 Å². The highest BCUT2D eigenvalue weighted by Crippen LogP contribution is 2.22. The highest BCUT2D eigenvalue weighted by molar-refractivity contribution is 6.31. The van der Waals surface area contributed by atoms with Gasteiger partial charge in [0.25, 0.3) is 5.91 Å². The van der Waals surface area contributed by atoms with Crippen LogP contribution in [-0.4, -0.2) is 35.9 Å². The normalized spacial score (nSPS) is 11.6. The highest BCUT2D eigenvalue weighted by Gasteiger charge is 2.29. The van der Waals surface area contributed by atoms with Crippen molar-refractivity contribution in [1.82, 2.24) is 10.2 Å². The van der Waals surface area contributed by atoms with Crippen molar-refractivity contribution in [2.75, 3.05) is 13.2 Å². The number of amides is 2. The smallest absolute Gasteiger partial charge is 0.261 e. The lowest BCUT2D eigenvalue weighted by molar-refractivity contribution is -0.143. The minimum Gasteiger partial charge on any atom is -0.483 e. The molecule has 0 heterocycles. The quantitative estimate of drug-likeness (QED) is 0.493. The van der Waals surface area contributed by atoms with Crippen LogP contribution in [0.15, 0.2) is 42.5 Å². The third-order valence-corrected chi connectivity index (χ3v) is 5.58. The van der Waals surface area contributed by atoms with Crippen molar-refractivity contribution in [3.05, 3.63) is 64.2 Å². The van der Waals surface area contributed by atoms with E-state index >= 15 is 0 Å². The van der Waals surface area contributed by atoms with E-state index in [9.17, 15) is 9.59 Å². The first-order valence-electron chi connectivity index (χ1n) is 10.9. The first-order chi connectivity index (χ1) is 14.9. The molecular formula is C25H33ClN2O3. The standard InChI is InChI=1S/C25H33ClN2O3/c1-5-7-14-27-25(30)22(6-2)28(16-20-10-8-9-11-21(20)26)24(29)17-31-23-15-18(3)12-13-19(23)4/h8-13,15,22H,5-7,14,16-17H2,1-4H3,(H,27,30). The molecule has 6 heteroatoms. The molecule has 0 saturated heterocycles. The van der Waals surface area contributed by atoms with E-state index in [4.69, 9.17) is 16.3 Å². The fraction of sp³-hybridized carbons (Fsp3) is 0.440. The van der Waals surface area contributed by atoms with Crippen LogP contribution in [0.25, 0.3) is 0 Å². The van der Waals surface area contributed by atoms with Crippen LogP contribution in [0.1, 0.15) is 49.8 Å². The molecule has 0 spiro atoms. The maximum atomic E-state index is 13.2. The molecular weight excluding hydrogens is 412 g/mol. The Kier molecular flexibility index (Phi) is 9.86. The Morgan fingerprint density at radius 2 is 1.87 bits per heavy atom. The first kappa shape index (κ1) is 24.7. The average molecular weight is 445 g/mol. The molecule has 0 aliphatic carbocycles. The molecule has 2 rings (SSSR count). The number of carbonyl (C=O) groups is 2. The van der Waals surface area contributed by atoms with E-state index in [0.29, 0.717) is 23.7 Å². The molecule has 0 fully saturated rings. The second kappa shape index (κ2) is 12.4. The average Bonchev–Trinajstić information content (AvgIpc) is 2.75. The third-order valence-electron chi connectivity index (χ3n) is 5.21. The molecule has 0 aliphatic rings. The molecule has 31 heavy (non-hydrogen) atoms. The van der Waals surface area contributed by atoms with Gasteiger partial charge in [0.15, 0.2) is 6.61 Å². The number of hydrogen-bond acceptors (Lipinski definition) is 3. The predicted octanol–water partition coefficient (Wildman–Crippen LogP) is 5.06. The summed E-state index contributed by atoms with van der Waals surface area (Å²) in [6.45, 7) is 8.59. The number of rotatable bonds is 11. The molecule has 1 N–H and O–H groups in total. The van der Waals surface area contributed by atoms with E-state index in [2.05, 4.69) is 12.2 Å². The zero-order valence-electron chi connectivity index (χ0n) is 18.9. The van der Waals surface area contributed by atoms with Crippen molar-refractivity contribution in [3.63, 3.8) is 0 Å². The molecule has 2 aromatic carbocycles. The van der Waals surface area contributed by atoms with Crippen LogP contribution in [0.3, 0.4) is 0 Å². The van der Waals surface area contributed by atoms with Crippen LogP contribution in [0.4, 0.5) is 0 Å². The summed E-state index contributed by atoms with van der Waals surface area (Å²) in [7, 11) is 0. The van der Waals surface area contributed by atoms with Gasteiger partial charge in [-0.25, -0.2) is 0 Å². The van der Waals surface area contributed by atoms with Gasteiger partial charge in [0.2, 0.25) is 5.91 Å². The van der Waals surface area contributed by atoms with Crippen LogP contribution < -0.4 is 10.1 Å². The number of ether oxygens (including phenoxy) is 1. The number of hydrogen-bond donors (Lipinski definition) is 1. The topological polar surface area (TPSA) is 58.6 Å². The van der Waals surface area contributed by atoms with Gasteiger partial charge in [-0.3, -0.25) is 9.59 Å². The summed E-state index contributed by atoms with van der Waals surface area (Å²) in [6.07, 6.45) is 2.39. The van der Waals surface area contributed by atoms with Crippen molar-refractivity contribution in [2.45, 2.75) is 59.5 Å². The van der Waals surface area contributed by atoms with Gasteiger partial charge in [-0.15, -0.1) is 0 Å². The highest BCUT2D eigenvalue weighted by atomic mass is 35.5. The molecule has 0 saturated carbocycles. The third kappa shape index (κ3) is 7.28. The second-order valence-corrected chi connectivity index (χ2v) is 8.15. The Hall–Kier alpha value is -2.53. The summed E-state index contributed by atoms with van der Waals surface area (Å²) < 4.78 is 5.85. The lowest BCUT2D eigenvalue weighted by Gasteiger charge is -2.31. The Morgan fingerprint density at radius 1 is 1.13 bits per heavy atom. The SMILES string of the molecule is CCCCNC(=O)C(CC)N(Cc1ccccc1Cl)C(=O)COc1cc(C)ccc1C. The number of halogens is 1. The summed E-state index contributed by atoms with van der Waals surface area (Å²) in [6, 6.07) is 12.7. The van der Waals surface area contributed by atoms with E-state index in [1.807, 2.05) is 57.2 Å². The van der Waals surface area contributed by atoms with Crippen LogP contribution in [0.2, 0.25) is 5.02 Å². The van der Waals surface area contributed by atoms with Gasteiger partial charge in [-0.2, -0.15) is 0 Å². The van der Waals surface area contributed by atoms with Crippen LogP contribution in [0, 0.1) is 13.8 Å². The number of nitrogens with one attached hydrogen (secondary N) is 1. The Labute approximate surface area is 190 Å². The molecule has 2 amide bonds. The summed E-state index contributed by atoms with van der Waals surface area (Å²) in [5, 5.41) is 3.52. The number of carbonyl (C=O) groups excluding carboxylic acids is 2. The van der Waals surface area contributed by atoms with Crippen molar-refractivity contribution < 1.29 is 14.3 Å². The number of aryl methyl sites for hydroxylation is 2. The van der Waals surface area contributed by atoms with E-state index in [0.717, 1.165) is 29.5 Å². The lowest BCUT2D eigenvalue weighted by Crippen LogP contribution is -2.50. The van der Waals surface area contributed by atoms with Gasteiger partial charge in [0.1, 0.15) is 11.8 Å². The largest absolute Gasteiger partial charge is 0.483 e. The Bertz CT molecular complexity index is 885. The van der Waals surface area contributed by atoms with Crippen molar-refractivity contribution in [3.8, 4) is 5.75 Å². The predicted molar refractivity (Wildman–Crippen MR) is 125 cm³/mol. The van der Waals surface area contributed by atoms with Gasteiger partial charge >= 0.3 is 0 Å². The van der Waals surface area contributed by atoms with Gasteiger partial charge in [0.05, 0.1) is 0 Å². The molecule has 1 atom stereocenters. The summed E-state index contributed by atoms with van der Waals surface area (Å²) in [4.78, 5) is 27.7. The number of nitrogens with zero attached hydrogens (tertiary/aromatic N) is 1. The minimum atomic E-state index is -0.595. The maximum Gasteiger partial charge on any atom is 0.261 e. The van der Waals surface area contributed by atoms with Crippen LogP contribution in [0.5, 0.6) is 5.75 Å². The van der Waals surface area contributed by atoms with Crippen molar-refractivity contribution >= 4 is 23.4 Å². The number of unbranched alkanes of at least 4 members (excludes halogenated alkanes) is 1. The van der Waals surface area contributed by atoms with Gasteiger partial charge in [-0.05, 0) is 55.5 Å². The zero-order chi connectivity index (χ0) is 22.8. The second-order valence-electron chi connectivity index (χ2n) is 7.74. The van der Waals surface area contributed by atoms with Crippen LogP contribution in [-0.2, 0) is 16.1 Å². The van der Waals surface area contributed by atoms with Gasteiger partial charge in [0, 0.05) is 18.1 Å². The maximum absolute atomic E-state index is 13.2. The zero-order valence-corrected chi connectivity index (χ0v) is 19.7. The molecule has 1 unspecified atom stereocenters. The van der Waals surface area contributed by atoms with E-state index in [1.54, 1.807) is 11.0 Å². The Morgan fingerprint density at radius 3 is 2.55 bits per heavy atom. The lowest BCUT2D eigenvalue weighted by atomic mass is 10.1. The summed E-state index contributed by atoms with van der Waals surface area (Å²) in [5.74, 6) is 0.271. The summed E-state index contributed by atoms with van der Waals surface area (Å²) in [5.41, 5.74) is 2.81. The van der Waals surface area contributed by atoms with Crippen molar-refractivity contribution in [2.24, 2.45) is 0 Å². The monoisotopic (exact) mass is 444 g/mol. The summed E-state index contributed by atoms with van der Waals surface area (Å²) >= 11 is 6.34. The number of benzene rings is 2. The molecule has 168 valence electrons. The molecule has 5 nitrogen and oxygen atoms in total. The molecule has 2 aromatic rings. The van der Waals surface area contributed by atoms with E-state index in [-0.39, 0.29) is 25.0 Å². The van der Waals surface area contributed by atoms with Crippen LogP contribution >= 0.6 is 11.6 Å². The molecule has 0 aliphatic heterocycles. The first-order valence-corrected chi connectivity index (χ1v) is 11.3. The Balaban J connectivity index is 2.22. The molecule has 0 bridgehead atoms. The fourth-order valence-corrected chi connectivity index (χ4v) is 3.52. The van der Waals surface area contributed by atoms with Gasteiger partial charge in [-0.1, -0.05) is 62.2 Å². The fourth-order valence-electron chi connectivity index (χ4n) is 3.32. The van der Waals surface area contributed by atoms with Gasteiger partial charge < -0.3 is 15.0 Å².